The molecular weight excluding hydrogens is 266 g/mol. The van der Waals surface area contributed by atoms with Crippen molar-refractivity contribution in [1.29, 1.82) is 0 Å². The van der Waals surface area contributed by atoms with Crippen molar-refractivity contribution in [3.63, 3.8) is 0 Å². The molecule has 1 N–H and O–H groups in total. The van der Waals surface area contributed by atoms with Crippen LogP contribution in [0.3, 0.4) is 0 Å². The van der Waals surface area contributed by atoms with Crippen LogP contribution in [0, 0.1) is 5.92 Å². The van der Waals surface area contributed by atoms with E-state index < -0.39 is 0 Å². The van der Waals surface area contributed by atoms with Crippen LogP contribution >= 0.6 is 11.6 Å². The Balaban J connectivity index is 1.94. The number of hydrogen-bond donors (Lipinski definition) is 1. The molecule has 3 unspecified atom stereocenters. The highest BCUT2D eigenvalue weighted by Crippen LogP contribution is 2.28. The van der Waals surface area contributed by atoms with E-state index in [-0.39, 0.29) is 0 Å². The highest BCUT2D eigenvalue weighted by Gasteiger charge is 2.20. The first-order valence-corrected chi connectivity index (χ1v) is 8.62. The maximum absolute atomic E-state index is 5.98. The molecule has 0 radical (unpaired) electrons. The Morgan fingerprint density at radius 3 is 2.50 bits per heavy atom. The third kappa shape index (κ3) is 4.49. The minimum absolute atomic E-state index is 0.468. The molecule has 3 atom stereocenters. The lowest BCUT2D eigenvalue weighted by Gasteiger charge is -2.24. The molecule has 0 spiro atoms. The zero-order chi connectivity index (χ0) is 14.4. The van der Waals surface area contributed by atoms with Gasteiger partial charge in [-0.05, 0) is 49.3 Å². The van der Waals surface area contributed by atoms with Gasteiger partial charge >= 0.3 is 0 Å². The Morgan fingerprint density at radius 1 is 1.10 bits per heavy atom. The zero-order valence-electron chi connectivity index (χ0n) is 12.9. The van der Waals surface area contributed by atoms with E-state index in [9.17, 15) is 0 Å². The average molecular weight is 294 g/mol. The molecule has 1 saturated carbocycles. The smallest absolute Gasteiger partial charge is 0.0406 e. The second-order valence-corrected chi connectivity index (χ2v) is 6.59. The van der Waals surface area contributed by atoms with Crippen molar-refractivity contribution in [2.75, 3.05) is 0 Å². The molecule has 0 amide bonds. The third-order valence-corrected chi connectivity index (χ3v) is 5.04. The van der Waals surface area contributed by atoms with Gasteiger partial charge in [-0.25, -0.2) is 0 Å². The number of halogens is 1. The van der Waals surface area contributed by atoms with Gasteiger partial charge in [-0.3, -0.25) is 0 Å². The molecular formula is C18H28ClN. The Bertz CT molecular complexity index is 387. The summed E-state index contributed by atoms with van der Waals surface area (Å²) in [7, 11) is 0. The summed E-state index contributed by atoms with van der Waals surface area (Å²) in [6.45, 7) is 4.60. The summed E-state index contributed by atoms with van der Waals surface area (Å²) in [6, 6.07) is 9.48. The van der Waals surface area contributed by atoms with Crippen LogP contribution in [0.25, 0.3) is 0 Å². The van der Waals surface area contributed by atoms with Gasteiger partial charge in [-0.1, -0.05) is 56.8 Å². The lowest BCUT2D eigenvalue weighted by atomic mass is 9.97. The van der Waals surface area contributed by atoms with Crippen LogP contribution in [0.4, 0.5) is 0 Å². The molecule has 20 heavy (non-hydrogen) atoms. The van der Waals surface area contributed by atoms with Gasteiger partial charge in [0.1, 0.15) is 0 Å². The number of benzene rings is 1. The molecule has 1 aliphatic rings. The maximum Gasteiger partial charge on any atom is 0.0406 e. The van der Waals surface area contributed by atoms with Crippen LogP contribution < -0.4 is 5.32 Å². The predicted molar refractivity (Wildman–Crippen MR) is 88.3 cm³/mol. The van der Waals surface area contributed by atoms with Crippen LogP contribution in [0.15, 0.2) is 24.3 Å². The van der Waals surface area contributed by atoms with E-state index in [0.29, 0.717) is 12.1 Å². The first-order valence-electron chi connectivity index (χ1n) is 8.24. The number of rotatable bonds is 5. The highest BCUT2D eigenvalue weighted by atomic mass is 35.5. The Morgan fingerprint density at radius 2 is 1.85 bits per heavy atom. The average Bonchev–Trinajstić information content (AvgIpc) is 2.71. The SMILES string of the molecule is CCC1CCCC(NC(CC)c2ccc(Cl)cc2)CC1. The van der Waals surface area contributed by atoms with E-state index in [0.717, 1.165) is 17.4 Å². The summed E-state index contributed by atoms with van der Waals surface area (Å²) in [5, 5.41) is 4.71. The first-order chi connectivity index (χ1) is 9.72. The zero-order valence-corrected chi connectivity index (χ0v) is 13.6. The van der Waals surface area contributed by atoms with Crippen LogP contribution in [0.5, 0.6) is 0 Å². The molecule has 0 aromatic heterocycles. The molecule has 0 saturated heterocycles. The minimum atomic E-state index is 0.468. The quantitative estimate of drug-likeness (QED) is 0.683. The highest BCUT2D eigenvalue weighted by molar-refractivity contribution is 6.30. The summed E-state index contributed by atoms with van der Waals surface area (Å²) in [6.07, 6.45) is 9.35. The molecule has 0 aliphatic heterocycles. The van der Waals surface area contributed by atoms with Gasteiger partial charge in [0.05, 0.1) is 0 Å². The summed E-state index contributed by atoms with van der Waals surface area (Å²) in [4.78, 5) is 0. The molecule has 1 aromatic carbocycles. The van der Waals surface area contributed by atoms with Gasteiger partial charge in [-0.15, -0.1) is 0 Å². The van der Waals surface area contributed by atoms with E-state index in [1.54, 1.807) is 0 Å². The monoisotopic (exact) mass is 293 g/mol. The van der Waals surface area contributed by atoms with Crippen molar-refractivity contribution < 1.29 is 0 Å². The van der Waals surface area contributed by atoms with E-state index in [1.807, 2.05) is 12.1 Å². The van der Waals surface area contributed by atoms with E-state index in [2.05, 4.69) is 31.3 Å². The number of nitrogens with one attached hydrogen (secondary N) is 1. The largest absolute Gasteiger partial charge is 0.307 e. The summed E-state index contributed by atoms with van der Waals surface area (Å²) in [5.74, 6) is 0.956. The summed E-state index contributed by atoms with van der Waals surface area (Å²) >= 11 is 5.98. The lowest BCUT2D eigenvalue weighted by Crippen LogP contribution is -2.32. The fourth-order valence-electron chi connectivity index (χ4n) is 3.38. The molecule has 1 aliphatic carbocycles. The maximum atomic E-state index is 5.98. The van der Waals surface area contributed by atoms with Crippen molar-refractivity contribution in [1.82, 2.24) is 5.32 Å². The van der Waals surface area contributed by atoms with E-state index in [1.165, 1.54) is 44.1 Å². The van der Waals surface area contributed by atoms with Crippen LogP contribution in [-0.4, -0.2) is 6.04 Å². The molecule has 1 aromatic rings. The Kier molecular flexibility index (Phi) is 6.38. The van der Waals surface area contributed by atoms with Crippen molar-refractivity contribution in [2.45, 2.75) is 70.9 Å². The van der Waals surface area contributed by atoms with Gasteiger partial charge in [-0.2, -0.15) is 0 Å². The van der Waals surface area contributed by atoms with Crippen LogP contribution in [-0.2, 0) is 0 Å². The fourth-order valence-corrected chi connectivity index (χ4v) is 3.51. The van der Waals surface area contributed by atoms with Gasteiger partial charge in [0, 0.05) is 17.1 Å². The van der Waals surface area contributed by atoms with Gasteiger partial charge < -0.3 is 5.32 Å². The van der Waals surface area contributed by atoms with E-state index in [4.69, 9.17) is 11.6 Å². The summed E-state index contributed by atoms with van der Waals surface area (Å²) < 4.78 is 0. The summed E-state index contributed by atoms with van der Waals surface area (Å²) in [5.41, 5.74) is 1.37. The molecule has 0 bridgehead atoms. The van der Waals surface area contributed by atoms with Gasteiger partial charge in [0.15, 0.2) is 0 Å². The lowest BCUT2D eigenvalue weighted by molar-refractivity contribution is 0.382. The van der Waals surface area contributed by atoms with Crippen molar-refractivity contribution in [3.05, 3.63) is 34.9 Å². The van der Waals surface area contributed by atoms with Crippen molar-refractivity contribution >= 4 is 11.6 Å². The van der Waals surface area contributed by atoms with Gasteiger partial charge in [0.2, 0.25) is 0 Å². The predicted octanol–water partition coefficient (Wildman–Crippen LogP) is 5.74. The minimum Gasteiger partial charge on any atom is -0.307 e. The molecule has 1 nitrogen and oxygen atoms in total. The van der Waals surface area contributed by atoms with Crippen molar-refractivity contribution in [3.8, 4) is 0 Å². The molecule has 2 rings (SSSR count). The van der Waals surface area contributed by atoms with Crippen molar-refractivity contribution in [2.24, 2.45) is 5.92 Å². The molecule has 2 heteroatoms. The Labute approximate surface area is 129 Å². The molecule has 0 heterocycles. The van der Waals surface area contributed by atoms with Crippen LogP contribution in [0.2, 0.25) is 5.02 Å². The second kappa shape index (κ2) is 8.05. The third-order valence-electron chi connectivity index (χ3n) is 4.78. The molecule has 1 fully saturated rings. The normalized spacial score (nSPS) is 25.1. The second-order valence-electron chi connectivity index (χ2n) is 6.16. The van der Waals surface area contributed by atoms with Crippen LogP contribution in [0.1, 0.15) is 70.4 Å². The standard InChI is InChI=1S/C18H28ClN/c1-3-14-6-5-7-17(13-8-14)20-18(4-2)15-9-11-16(19)12-10-15/h9-12,14,17-18,20H,3-8,13H2,1-2H3. The number of hydrogen-bond acceptors (Lipinski definition) is 1. The fraction of sp³-hybridized carbons (Fsp3) is 0.667. The van der Waals surface area contributed by atoms with Gasteiger partial charge in [0.25, 0.3) is 0 Å². The van der Waals surface area contributed by atoms with E-state index >= 15 is 0 Å². The first kappa shape index (κ1) is 15.9. The Hall–Kier alpha value is -0.530. The molecule has 112 valence electrons. The topological polar surface area (TPSA) is 12.0 Å².